The Balaban J connectivity index is 1.48. The maximum atomic E-state index is 6.73. The number of rotatable bonds is 6. The Morgan fingerprint density at radius 3 is 2.64 bits per heavy atom. The van der Waals surface area contributed by atoms with E-state index in [2.05, 4.69) is 54.5 Å². The van der Waals surface area contributed by atoms with Crippen LogP contribution in [-0.4, -0.2) is 37.2 Å². The van der Waals surface area contributed by atoms with Gasteiger partial charge in [-0.25, -0.2) is 9.51 Å². The summed E-state index contributed by atoms with van der Waals surface area (Å²) < 4.78 is 1.89. The van der Waals surface area contributed by atoms with Crippen LogP contribution in [0.25, 0.3) is 16.6 Å². The summed E-state index contributed by atoms with van der Waals surface area (Å²) in [6.07, 6.45) is 11.9. The van der Waals surface area contributed by atoms with Crippen LogP contribution in [0.15, 0.2) is 60.1 Å². The number of amidine groups is 1. The van der Waals surface area contributed by atoms with Gasteiger partial charge >= 0.3 is 0 Å². The molecular weight excluding hydrogens is 448 g/mol. The molecule has 1 aromatic carbocycles. The number of nitrogens with zero attached hydrogens (tertiary/aromatic N) is 4. The molecular formula is C28H34N8. The first-order valence-electron chi connectivity index (χ1n) is 12.7. The van der Waals surface area contributed by atoms with E-state index in [9.17, 15) is 0 Å². The van der Waals surface area contributed by atoms with Crippen molar-refractivity contribution >= 4 is 22.7 Å². The first-order chi connectivity index (χ1) is 17.2. The molecule has 2 aliphatic rings. The lowest BCUT2D eigenvalue weighted by molar-refractivity contribution is 0.215. The van der Waals surface area contributed by atoms with E-state index in [4.69, 9.17) is 21.6 Å². The van der Waals surface area contributed by atoms with E-state index < -0.39 is 0 Å². The number of hydrogen-bond donors (Lipinski definition) is 4. The highest BCUT2D eigenvalue weighted by molar-refractivity contribution is 6.06. The van der Waals surface area contributed by atoms with Gasteiger partial charge in [-0.15, -0.1) is 0 Å². The van der Waals surface area contributed by atoms with Gasteiger partial charge in [-0.1, -0.05) is 32.0 Å². The van der Waals surface area contributed by atoms with Gasteiger partial charge in [0.25, 0.3) is 0 Å². The zero-order valence-electron chi connectivity index (χ0n) is 21.1. The second-order valence-electron chi connectivity index (χ2n) is 11.2. The third-order valence-corrected chi connectivity index (χ3v) is 8.55. The van der Waals surface area contributed by atoms with Crippen molar-refractivity contribution in [1.29, 1.82) is 0 Å². The predicted octanol–water partition coefficient (Wildman–Crippen LogP) is 4.96. The van der Waals surface area contributed by atoms with Crippen LogP contribution in [0, 0.1) is 5.41 Å². The molecule has 2 atom stereocenters. The molecule has 6 N–H and O–H groups in total. The molecule has 0 spiro atoms. The molecule has 8 nitrogen and oxygen atoms in total. The summed E-state index contributed by atoms with van der Waals surface area (Å²) in [7, 11) is 0. The van der Waals surface area contributed by atoms with Crippen LogP contribution in [0.2, 0.25) is 0 Å². The van der Waals surface area contributed by atoms with Crippen LogP contribution in [-0.2, 0) is 0 Å². The lowest BCUT2D eigenvalue weighted by Crippen LogP contribution is -2.51. The zero-order valence-corrected chi connectivity index (χ0v) is 21.1. The highest BCUT2D eigenvalue weighted by Gasteiger charge is 2.49. The molecule has 2 fully saturated rings. The first-order valence-corrected chi connectivity index (χ1v) is 12.7. The van der Waals surface area contributed by atoms with Gasteiger partial charge in [-0.3, -0.25) is 5.10 Å². The Bertz CT molecular complexity index is 1440. The fraction of sp³-hybridized carbons (Fsp3) is 0.393. The monoisotopic (exact) mass is 482 g/mol. The molecule has 2 unspecified atom stereocenters. The van der Waals surface area contributed by atoms with Crippen molar-refractivity contribution < 1.29 is 0 Å². The van der Waals surface area contributed by atoms with Gasteiger partial charge in [-0.2, -0.15) is 10.2 Å². The second kappa shape index (κ2) is 8.20. The zero-order chi connectivity index (χ0) is 25.1. The van der Waals surface area contributed by atoms with Crippen molar-refractivity contribution in [2.75, 3.05) is 5.32 Å². The topological polar surface area (TPSA) is 122 Å². The van der Waals surface area contributed by atoms with Crippen molar-refractivity contribution in [3.8, 4) is 11.1 Å². The molecule has 0 bridgehead atoms. The van der Waals surface area contributed by atoms with E-state index in [0.29, 0.717) is 11.8 Å². The number of H-pyrrole nitrogens is 1. The number of hydrogen-bond acceptors (Lipinski definition) is 5. The lowest BCUT2D eigenvalue weighted by Gasteiger charge is -2.39. The summed E-state index contributed by atoms with van der Waals surface area (Å²) in [5.41, 5.74) is 20.0. The third-order valence-electron chi connectivity index (χ3n) is 8.55. The van der Waals surface area contributed by atoms with Crippen molar-refractivity contribution in [1.82, 2.24) is 19.8 Å². The molecule has 36 heavy (non-hydrogen) atoms. The van der Waals surface area contributed by atoms with Crippen LogP contribution in [0.5, 0.6) is 0 Å². The summed E-state index contributed by atoms with van der Waals surface area (Å²) in [5.74, 6) is 1.04. The number of para-hydroxylation sites is 1. The summed E-state index contributed by atoms with van der Waals surface area (Å²) in [5, 5.41) is 15.6. The van der Waals surface area contributed by atoms with Crippen molar-refractivity contribution in [3.05, 3.63) is 66.2 Å². The molecule has 2 aliphatic carbocycles. The Kier molecular flexibility index (Phi) is 5.19. The van der Waals surface area contributed by atoms with Gasteiger partial charge in [0.1, 0.15) is 5.84 Å². The summed E-state index contributed by atoms with van der Waals surface area (Å²) >= 11 is 0. The smallest absolute Gasteiger partial charge is 0.135 e. The first kappa shape index (κ1) is 22.8. The van der Waals surface area contributed by atoms with Gasteiger partial charge < -0.3 is 16.8 Å². The molecule has 0 aliphatic heterocycles. The van der Waals surface area contributed by atoms with Gasteiger partial charge in [0, 0.05) is 40.5 Å². The number of benzene rings is 1. The highest BCUT2D eigenvalue weighted by Crippen LogP contribution is 2.47. The largest absolute Gasteiger partial charge is 0.383 e. The fourth-order valence-electron chi connectivity index (χ4n) is 5.44. The summed E-state index contributed by atoms with van der Waals surface area (Å²) in [4.78, 5) is 4.92. The van der Waals surface area contributed by atoms with E-state index in [1.54, 1.807) is 0 Å². The number of nitrogens with one attached hydrogen (secondary N) is 2. The standard InChI is InChI=1S/C28H34N8/c1-27(2)24(10-11-28(27,3)30)35-25-21(26(29)34-22-7-5-4-6-20(22)17-8-9-17)15-33-36-16-18(12-23(25)36)19-13-31-32-14-19/h4-7,12-17,24,35H,8-11,30H2,1-3H3,(H2,29,34)(H,31,32). The molecule has 2 saturated carbocycles. The molecule has 0 amide bonds. The summed E-state index contributed by atoms with van der Waals surface area (Å²) in [6, 6.07) is 10.6. The number of aliphatic imine (C=N–C) groups is 1. The predicted molar refractivity (Wildman–Crippen MR) is 145 cm³/mol. The maximum absolute atomic E-state index is 6.73. The van der Waals surface area contributed by atoms with Crippen molar-refractivity contribution in [2.45, 2.75) is 64.0 Å². The highest BCUT2D eigenvalue weighted by atomic mass is 15.2. The average molecular weight is 483 g/mol. The number of aromatic amines is 1. The normalized spacial score (nSPS) is 23.9. The van der Waals surface area contributed by atoms with E-state index in [1.165, 1.54) is 18.4 Å². The Morgan fingerprint density at radius 2 is 1.94 bits per heavy atom. The van der Waals surface area contributed by atoms with Crippen LogP contribution in [0.3, 0.4) is 0 Å². The molecule has 4 aromatic rings. The molecule has 3 heterocycles. The number of aromatic nitrogens is 4. The number of nitrogens with two attached hydrogens (primary N) is 2. The maximum Gasteiger partial charge on any atom is 0.135 e. The van der Waals surface area contributed by atoms with E-state index in [1.807, 2.05) is 41.4 Å². The van der Waals surface area contributed by atoms with Crippen molar-refractivity contribution in [3.63, 3.8) is 0 Å². The van der Waals surface area contributed by atoms with Gasteiger partial charge in [0.2, 0.25) is 0 Å². The molecule has 0 radical (unpaired) electrons. The minimum atomic E-state index is -0.263. The number of anilines is 1. The Labute approximate surface area is 211 Å². The third kappa shape index (κ3) is 3.76. The van der Waals surface area contributed by atoms with Crippen LogP contribution in [0.1, 0.15) is 63.5 Å². The van der Waals surface area contributed by atoms with Crippen LogP contribution < -0.4 is 16.8 Å². The Morgan fingerprint density at radius 1 is 1.14 bits per heavy atom. The minimum Gasteiger partial charge on any atom is -0.383 e. The quantitative estimate of drug-likeness (QED) is 0.229. The molecule has 3 aromatic heterocycles. The van der Waals surface area contributed by atoms with Gasteiger partial charge in [-0.05, 0) is 56.2 Å². The van der Waals surface area contributed by atoms with Crippen LogP contribution >= 0.6 is 0 Å². The summed E-state index contributed by atoms with van der Waals surface area (Å²) in [6.45, 7) is 6.64. The average Bonchev–Trinajstić information content (AvgIpc) is 3.28. The second-order valence-corrected chi connectivity index (χ2v) is 11.2. The van der Waals surface area contributed by atoms with E-state index in [0.717, 1.165) is 46.4 Å². The Hall–Kier alpha value is -3.65. The molecule has 8 heteroatoms. The van der Waals surface area contributed by atoms with Crippen molar-refractivity contribution in [2.24, 2.45) is 21.9 Å². The lowest BCUT2D eigenvalue weighted by atomic mass is 9.75. The molecule has 6 rings (SSSR count). The van der Waals surface area contributed by atoms with Crippen LogP contribution in [0.4, 0.5) is 11.4 Å². The number of fused-ring (bicyclic) bond motifs is 1. The molecule has 0 saturated heterocycles. The SMILES string of the molecule is CC1(N)CCC(Nc2c(/C(N)=N/c3ccccc3C3CC3)cnn3cc(-c4cn[nH]c4)cc23)C1(C)C. The van der Waals surface area contributed by atoms with E-state index in [-0.39, 0.29) is 17.0 Å². The molecule has 186 valence electrons. The van der Waals surface area contributed by atoms with Gasteiger partial charge in [0.05, 0.1) is 34.8 Å². The van der Waals surface area contributed by atoms with E-state index >= 15 is 0 Å². The fourth-order valence-corrected chi connectivity index (χ4v) is 5.44. The van der Waals surface area contributed by atoms with Gasteiger partial charge in [0.15, 0.2) is 0 Å². The minimum absolute atomic E-state index is 0.116.